The predicted octanol–water partition coefficient (Wildman–Crippen LogP) is 2.90. The average Bonchev–Trinajstić information content (AvgIpc) is 3.05. The Balaban J connectivity index is 1.68. The molecule has 3 fully saturated rings. The molecule has 4 aliphatic carbocycles. The van der Waals surface area contributed by atoms with Gasteiger partial charge in [-0.05, 0) is 108 Å². The second kappa shape index (κ2) is 9.13. The van der Waals surface area contributed by atoms with Crippen molar-refractivity contribution in [3.63, 3.8) is 0 Å². The third kappa shape index (κ3) is 4.22. The third-order valence-corrected chi connectivity index (χ3v) is 10.9. The Hall–Kier alpha value is -0.830. The highest BCUT2D eigenvalue weighted by Crippen LogP contribution is 2.68. The van der Waals surface area contributed by atoms with Crippen molar-refractivity contribution in [3.05, 3.63) is 11.6 Å². The van der Waals surface area contributed by atoms with Crippen LogP contribution in [0.3, 0.4) is 0 Å². The number of allylic oxidation sites excluding steroid dienone is 1. The molecule has 7 heteroatoms. The van der Waals surface area contributed by atoms with Gasteiger partial charge in [0.1, 0.15) is 0 Å². The number of aliphatic hydroxyl groups is 5. The summed E-state index contributed by atoms with van der Waals surface area (Å²) in [5.41, 5.74) is -3.75. The zero-order valence-corrected chi connectivity index (χ0v) is 23.0. The van der Waals surface area contributed by atoms with Crippen molar-refractivity contribution < 1.29 is 35.1 Å². The van der Waals surface area contributed by atoms with Gasteiger partial charge in [0.25, 0.3) is 0 Å². The number of ether oxygens (including phenoxy) is 1. The van der Waals surface area contributed by atoms with E-state index in [1.54, 1.807) is 19.9 Å². The third-order valence-electron chi connectivity index (χ3n) is 10.9. The number of ketones is 1. The van der Waals surface area contributed by atoms with Gasteiger partial charge in [0.2, 0.25) is 0 Å². The van der Waals surface area contributed by atoms with E-state index in [2.05, 4.69) is 0 Å². The summed E-state index contributed by atoms with van der Waals surface area (Å²) >= 11 is 0. The van der Waals surface area contributed by atoms with Crippen molar-refractivity contribution in [2.45, 2.75) is 128 Å². The molecule has 206 valence electrons. The van der Waals surface area contributed by atoms with Crippen LogP contribution in [0.1, 0.15) is 92.9 Å². The zero-order chi connectivity index (χ0) is 26.9. The van der Waals surface area contributed by atoms with Crippen LogP contribution in [0.2, 0.25) is 0 Å². The van der Waals surface area contributed by atoms with Gasteiger partial charge >= 0.3 is 0 Å². The Labute approximate surface area is 215 Å². The lowest BCUT2D eigenvalue weighted by atomic mass is 9.45. The minimum atomic E-state index is -1.23. The molecule has 0 heterocycles. The van der Waals surface area contributed by atoms with Gasteiger partial charge in [-0.1, -0.05) is 13.8 Å². The number of hydrogen-bond donors (Lipinski definition) is 5. The van der Waals surface area contributed by atoms with E-state index in [4.69, 9.17) is 4.74 Å². The normalized spacial score (nSPS) is 45.2. The van der Waals surface area contributed by atoms with Crippen LogP contribution in [0.5, 0.6) is 0 Å². The molecule has 4 rings (SSSR count). The number of carbonyl (C=O) groups is 1. The van der Waals surface area contributed by atoms with Gasteiger partial charge in [0.05, 0.1) is 35.1 Å². The molecule has 4 aliphatic rings. The van der Waals surface area contributed by atoms with E-state index in [1.165, 1.54) is 0 Å². The second-order valence-corrected chi connectivity index (χ2v) is 13.6. The molecule has 5 N–H and O–H groups in total. The van der Waals surface area contributed by atoms with Crippen LogP contribution in [0.15, 0.2) is 11.6 Å². The van der Waals surface area contributed by atoms with Crippen LogP contribution in [-0.2, 0) is 9.53 Å². The fourth-order valence-corrected chi connectivity index (χ4v) is 8.76. The van der Waals surface area contributed by atoms with Gasteiger partial charge in [-0.15, -0.1) is 0 Å². The molecule has 0 saturated heterocycles. The van der Waals surface area contributed by atoms with E-state index < -0.39 is 45.9 Å². The maximum Gasteiger partial charge on any atom is 0.159 e. The first kappa shape index (κ1) is 28.2. The molecule has 7 nitrogen and oxygen atoms in total. The molecule has 10 atom stereocenters. The minimum Gasteiger partial charge on any atom is -0.390 e. The van der Waals surface area contributed by atoms with Crippen molar-refractivity contribution in [1.82, 2.24) is 0 Å². The Morgan fingerprint density at radius 3 is 2.36 bits per heavy atom. The highest BCUT2D eigenvalue weighted by atomic mass is 16.5. The maximum atomic E-state index is 13.4. The fourth-order valence-electron chi connectivity index (χ4n) is 8.76. The molecule has 0 aromatic rings. The van der Waals surface area contributed by atoms with Gasteiger partial charge in [0, 0.05) is 17.9 Å². The first-order valence-corrected chi connectivity index (χ1v) is 13.9. The molecular formula is C29H48O7. The number of hydrogen-bond acceptors (Lipinski definition) is 7. The van der Waals surface area contributed by atoms with Gasteiger partial charge in [0.15, 0.2) is 5.78 Å². The summed E-state index contributed by atoms with van der Waals surface area (Å²) < 4.78 is 6.04. The first-order valence-electron chi connectivity index (χ1n) is 13.9. The molecule has 0 spiro atoms. The van der Waals surface area contributed by atoms with E-state index in [0.717, 1.165) is 12.0 Å². The Morgan fingerprint density at radius 2 is 1.75 bits per heavy atom. The maximum absolute atomic E-state index is 13.4. The molecule has 0 radical (unpaired) electrons. The lowest BCUT2D eigenvalue weighted by molar-refractivity contribution is -0.186. The molecule has 0 aromatic heterocycles. The second-order valence-electron chi connectivity index (χ2n) is 13.6. The molecular weight excluding hydrogens is 460 g/mol. The largest absolute Gasteiger partial charge is 0.390 e. The van der Waals surface area contributed by atoms with Crippen molar-refractivity contribution >= 4 is 5.78 Å². The number of rotatable bonds is 7. The van der Waals surface area contributed by atoms with Crippen LogP contribution < -0.4 is 0 Å². The monoisotopic (exact) mass is 508 g/mol. The summed E-state index contributed by atoms with van der Waals surface area (Å²) in [7, 11) is 0. The van der Waals surface area contributed by atoms with Crippen molar-refractivity contribution in [3.8, 4) is 0 Å². The topological polar surface area (TPSA) is 127 Å². The molecule has 0 aliphatic heterocycles. The molecule has 36 heavy (non-hydrogen) atoms. The highest BCUT2D eigenvalue weighted by Gasteiger charge is 2.69. The van der Waals surface area contributed by atoms with Crippen molar-refractivity contribution in [2.24, 2.45) is 28.6 Å². The number of aliphatic hydroxyl groups excluding tert-OH is 2. The van der Waals surface area contributed by atoms with E-state index in [0.29, 0.717) is 45.1 Å². The average molecular weight is 509 g/mol. The molecule has 0 aromatic carbocycles. The lowest BCUT2D eigenvalue weighted by Crippen LogP contribution is -2.63. The smallest absolute Gasteiger partial charge is 0.159 e. The van der Waals surface area contributed by atoms with Gasteiger partial charge in [-0.25, -0.2) is 0 Å². The van der Waals surface area contributed by atoms with Crippen LogP contribution in [0, 0.1) is 28.6 Å². The minimum absolute atomic E-state index is 0.0537. The van der Waals surface area contributed by atoms with Crippen molar-refractivity contribution in [1.29, 1.82) is 0 Å². The van der Waals surface area contributed by atoms with Gasteiger partial charge < -0.3 is 30.3 Å². The number of carbonyl (C=O) groups excluding carboxylic acids is 1. The van der Waals surface area contributed by atoms with E-state index in [9.17, 15) is 30.3 Å². The lowest BCUT2D eigenvalue weighted by Gasteiger charge is -2.60. The fraction of sp³-hybridized carbons (Fsp3) is 0.897. The number of fused-ring (bicyclic) bond motifs is 5. The van der Waals surface area contributed by atoms with E-state index >= 15 is 0 Å². The first-order chi connectivity index (χ1) is 16.5. The molecule has 0 amide bonds. The van der Waals surface area contributed by atoms with Crippen LogP contribution >= 0.6 is 0 Å². The van der Waals surface area contributed by atoms with Crippen molar-refractivity contribution in [2.75, 3.05) is 6.61 Å². The molecule has 3 saturated carbocycles. The van der Waals surface area contributed by atoms with E-state index in [-0.39, 0.29) is 30.0 Å². The van der Waals surface area contributed by atoms with Crippen LogP contribution in [-0.4, -0.2) is 73.0 Å². The SMILES string of the molecule is CCOC(CCC(C)(C)O)[C@](C)(O)[C@H]1CC[C@@]2(O)C3=CC(=O)[C@@H]4C[C@@H](O)[C@@H](O)C[C@]4(C)[C@H]3CC[C@]12C. The zero-order valence-electron chi connectivity index (χ0n) is 23.0. The van der Waals surface area contributed by atoms with Crippen LogP contribution in [0.25, 0.3) is 0 Å². The van der Waals surface area contributed by atoms with E-state index in [1.807, 2.05) is 27.7 Å². The summed E-state index contributed by atoms with van der Waals surface area (Å²) in [5, 5.41) is 55.5. The molecule has 0 bridgehead atoms. The van der Waals surface area contributed by atoms with Gasteiger partial charge in [-0.2, -0.15) is 0 Å². The Morgan fingerprint density at radius 1 is 1.08 bits per heavy atom. The highest BCUT2D eigenvalue weighted by molar-refractivity contribution is 5.95. The summed E-state index contributed by atoms with van der Waals surface area (Å²) in [6.45, 7) is 11.7. The van der Waals surface area contributed by atoms with Crippen LogP contribution in [0.4, 0.5) is 0 Å². The summed E-state index contributed by atoms with van der Waals surface area (Å²) in [5.74, 6) is -0.737. The standard InChI is InChI=1S/C29H48O7/c1-7-36-24(10-11-25(2,3)33)28(6,34)23-9-13-29(35)18-14-20(30)19-15-21(31)22(32)16-26(19,4)17(18)8-12-27(23,29)5/h14,17,19,21-24,31-35H,7-13,15-16H2,1-6H3/t17-,19-,21+,22-,23-,24?,26+,27+,28+,29+/m0/s1. The summed E-state index contributed by atoms with van der Waals surface area (Å²) in [6, 6.07) is 0. The Kier molecular flexibility index (Phi) is 7.15. The predicted molar refractivity (Wildman–Crippen MR) is 136 cm³/mol. The summed E-state index contributed by atoms with van der Waals surface area (Å²) in [4.78, 5) is 13.4. The Bertz CT molecular complexity index is 891. The summed E-state index contributed by atoms with van der Waals surface area (Å²) in [6.07, 6.45) is 3.45. The molecule has 1 unspecified atom stereocenters. The van der Waals surface area contributed by atoms with Gasteiger partial charge in [-0.3, -0.25) is 4.79 Å². The quantitative estimate of drug-likeness (QED) is 0.358.